The van der Waals surface area contributed by atoms with Crippen LogP contribution in [0.4, 0.5) is 0 Å². The lowest BCUT2D eigenvalue weighted by molar-refractivity contribution is -0.255. The van der Waals surface area contributed by atoms with Crippen LogP contribution in [0.1, 0.15) is 59.2 Å². The van der Waals surface area contributed by atoms with Gasteiger partial charge in [-0.05, 0) is 62.3 Å². The number of carbonyl (C=O) groups is 2. The minimum Gasteiger partial charge on any atom is -0.545 e. The molecule has 4 bridgehead atoms. The standard InChI is InChI=1S/C18H20O4/c19-16(20)14-3-1-2-4-15(14)17(21)22-18-8-11-5-12(9-18)7-13(6-11)10-18/h1-4,11-13H,5-10H2,(H,19,20)/p-1. The van der Waals surface area contributed by atoms with Crippen LogP contribution < -0.4 is 5.11 Å². The molecule has 5 rings (SSSR count). The molecule has 1 aromatic rings. The van der Waals surface area contributed by atoms with Crippen molar-refractivity contribution >= 4 is 11.9 Å². The largest absolute Gasteiger partial charge is 0.545 e. The van der Waals surface area contributed by atoms with Crippen LogP contribution in [0.25, 0.3) is 0 Å². The van der Waals surface area contributed by atoms with Crippen LogP contribution in [0, 0.1) is 17.8 Å². The van der Waals surface area contributed by atoms with Crippen LogP contribution in [-0.2, 0) is 4.74 Å². The molecule has 4 aliphatic rings. The first kappa shape index (κ1) is 13.8. The van der Waals surface area contributed by atoms with Gasteiger partial charge in [0.05, 0.1) is 11.5 Å². The number of rotatable bonds is 3. The van der Waals surface area contributed by atoms with Gasteiger partial charge in [0.25, 0.3) is 0 Å². The van der Waals surface area contributed by atoms with Gasteiger partial charge in [0.1, 0.15) is 5.60 Å². The fraction of sp³-hybridized carbons (Fsp3) is 0.556. The smallest absolute Gasteiger partial charge is 0.339 e. The first-order valence-electron chi connectivity index (χ1n) is 8.08. The van der Waals surface area contributed by atoms with Crippen LogP contribution in [0.2, 0.25) is 0 Å². The molecule has 0 atom stereocenters. The Balaban J connectivity index is 1.59. The maximum atomic E-state index is 12.5. The van der Waals surface area contributed by atoms with Crippen molar-refractivity contribution in [2.45, 2.75) is 44.1 Å². The molecule has 0 heterocycles. The Labute approximate surface area is 129 Å². The minimum atomic E-state index is -1.34. The third kappa shape index (κ3) is 2.21. The second-order valence-electron chi connectivity index (χ2n) is 7.32. The molecule has 0 spiro atoms. The SMILES string of the molecule is O=C([O-])c1ccccc1C(=O)OC12CC3CC(CC(C3)C1)C2. The average Bonchev–Trinajstić information content (AvgIpc) is 2.45. The number of carboxylic acids is 1. The van der Waals surface area contributed by atoms with Crippen molar-refractivity contribution in [2.75, 3.05) is 0 Å². The number of carboxylic acid groups (broad SMARTS) is 1. The molecule has 0 amide bonds. The Kier molecular flexibility index (Phi) is 3.03. The molecule has 0 unspecified atom stereocenters. The van der Waals surface area contributed by atoms with Crippen molar-refractivity contribution < 1.29 is 19.4 Å². The first-order chi connectivity index (χ1) is 10.5. The van der Waals surface area contributed by atoms with Gasteiger partial charge in [-0.15, -0.1) is 0 Å². The summed E-state index contributed by atoms with van der Waals surface area (Å²) in [5.74, 6) is 0.182. The molecular formula is C18H19O4-. The monoisotopic (exact) mass is 299 g/mol. The van der Waals surface area contributed by atoms with Crippen molar-refractivity contribution in [3.05, 3.63) is 35.4 Å². The molecule has 4 nitrogen and oxygen atoms in total. The highest BCUT2D eigenvalue weighted by Gasteiger charge is 2.53. The molecule has 0 aromatic heterocycles. The summed E-state index contributed by atoms with van der Waals surface area (Å²) in [7, 11) is 0. The highest BCUT2D eigenvalue weighted by Crippen LogP contribution is 2.57. The Morgan fingerprint density at radius 2 is 1.45 bits per heavy atom. The molecule has 0 radical (unpaired) electrons. The zero-order valence-corrected chi connectivity index (χ0v) is 12.4. The molecule has 0 aliphatic heterocycles. The second-order valence-corrected chi connectivity index (χ2v) is 7.32. The van der Waals surface area contributed by atoms with Gasteiger partial charge in [0.2, 0.25) is 0 Å². The fourth-order valence-electron chi connectivity index (χ4n) is 5.25. The number of esters is 1. The van der Waals surface area contributed by atoms with Gasteiger partial charge >= 0.3 is 5.97 Å². The minimum absolute atomic E-state index is 0.0859. The van der Waals surface area contributed by atoms with E-state index in [4.69, 9.17) is 4.74 Å². The molecular weight excluding hydrogens is 280 g/mol. The maximum absolute atomic E-state index is 12.5. The molecule has 4 saturated carbocycles. The Hall–Kier alpha value is -1.84. The quantitative estimate of drug-likeness (QED) is 0.802. The van der Waals surface area contributed by atoms with E-state index in [0.717, 1.165) is 19.3 Å². The summed E-state index contributed by atoms with van der Waals surface area (Å²) in [6.45, 7) is 0. The second kappa shape index (κ2) is 4.83. The summed E-state index contributed by atoms with van der Waals surface area (Å²) in [4.78, 5) is 23.7. The predicted molar refractivity (Wildman–Crippen MR) is 77.1 cm³/mol. The summed E-state index contributed by atoms with van der Waals surface area (Å²) in [6, 6.07) is 6.15. The lowest BCUT2D eigenvalue weighted by Crippen LogP contribution is -2.52. The van der Waals surface area contributed by atoms with Gasteiger partial charge in [0, 0.05) is 5.56 Å². The summed E-state index contributed by atoms with van der Waals surface area (Å²) >= 11 is 0. The van der Waals surface area contributed by atoms with E-state index in [1.807, 2.05) is 0 Å². The van der Waals surface area contributed by atoms with Gasteiger partial charge in [-0.25, -0.2) is 4.79 Å². The molecule has 4 fully saturated rings. The van der Waals surface area contributed by atoms with E-state index in [1.165, 1.54) is 31.4 Å². The molecule has 1 aromatic carbocycles. The number of benzene rings is 1. The number of hydrogen-bond donors (Lipinski definition) is 0. The first-order valence-corrected chi connectivity index (χ1v) is 8.08. The highest BCUT2D eigenvalue weighted by molar-refractivity contribution is 6.01. The Morgan fingerprint density at radius 3 is 1.95 bits per heavy atom. The van der Waals surface area contributed by atoms with Crippen LogP contribution in [0.3, 0.4) is 0 Å². The predicted octanol–water partition coefficient (Wildman–Crippen LogP) is 2.18. The number of hydrogen-bond acceptors (Lipinski definition) is 4. The summed E-state index contributed by atoms with van der Waals surface area (Å²) < 4.78 is 5.90. The van der Waals surface area contributed by atoms with E-state index in [1.54, 1.807) is 12.1 Å². The number of carbonyl (C=O) groups excluding carboxylic acids is 2. The lowest BCUT2D eigenvalue weighted by atomic mass is 9.54. The fourth-order valence-corrected chi connectivity index (χ4v) is 5.25. The van der Waals surface area contributed by atoms with Gasteiger partial charge in [0.15, 0.2) is 0 Å². The molecule has 4 aliphatic carbocycles. The van der Waals surface area contributed by atoms with E-state index < -0.39 is 11.9 Å². The van der Waals surface area contributed by atoms with Gasteiger partial charge < -0.3 is 14.6 Å². The van der Waals surface area contributed by atoms with Crippen molar-refractivity contribution in [2.24, 2.45) is 17.8 Å². The topological polar surface area (TPSA) is 66.4 Å². The van der Waals surface area contributed by atoms with Crippen molar-refractivity contribution in [3.63, 3.8) is 0 Å². The Morgan fingerprint density at radius 1 is 0.955 bits per heavy atom. The molecule has 22 heavy (non-hydrogen) atoms. The van der Waals surface area contributed by atoms with Gasteiger partial charge in [-0.1, -0.05) is 18.2 Å². The van der Waals surface area contributed by atoms with Crippen molar-refractivity contribution in [1.82, 2.24) is 0 Å². The molecule has 0 saturated heterocycles. The number of ether oxygens (including phenoxy) is 1. The van der Waals surface area contributed by atoms with E-state index in [2.05, 4.69) is 0 Å². The molecule has 116 valence electrons. The van der Waals surface area contributed by atoms with Gasteiger partial charge in [-0.3, -0.25) is 0 Å². The third-order valence-electron chi connectivity index (χ3n) is 5.66. The summed E-state index contributed by atoms with van der Waals surface area (Å²) in [5.41, 5.74) is -0.333. The van der Waals surface area contributed by atoms with Crippen molar-refractivity contribution in [1.29, 1.82) is 0 Å². The van der Waals surface area contributed by atoms with Gasteiger partial charge in [-0.2, -0.15) is 0 Å². The normalized spacial score (nSPS) is 35.4. The highest BCUT2D eigenvalue weighted by atomic mass is 16.6. The van der Waals surface area contributed by atoms with E-state index in [9.17, 15) is 14.7 Å². The van der Waals surface area contributed by atoms with Crippen LogP contribution in [-0.4, -0.2) is 17.5 Å². The lowest BCUT2D eigenvalue weighted by Gasteiger charge is -2.55. The third-order valence-corrected chi connectivity index (χ3v) is 5.66. The van der Waals surface area contributed by atoms with E-state index in [0.29, 0.717) is 17.8 Å². The summed E-state index contributed by atoms with van der Waals surface area (Å²) in [5, 5.41) is 11.2. The zero-order chi connectivity index (χ0) is 15.3. The number of aromatic carboxylic acids is 1. The summed E-state index contributed by atoms with van der Waals surface area (Å²) in [6.07, 6.45) is 6.64. The molecule has 0 N–H and O–H groups in total. The maximum Gasteiger partial charge on any atom is 0.339 e. The van der Waals surface area contributed by atoms with E-state index in [-0.39, 0.29) is 16.7 Å². The van der Waals surface area contributed by atoms with Crippen LogP contribution in [0.5, 0.6) is 0 Å². The van der Waals surface area contributed by atoms with Crippen molar-refractivity contribution in [3.8, 4) is 0 Å². The Bertz CT molecular complexity index is 598. The van der Waals surface area contributed by atoms with Crippen LogP contribution in [0.15, 0.2) is 24.3 Å². The van der Waals surface area contributed by atoms with E-state index >= 15 is 0 Å². The zero-order valence-electron chi connectivity index (χ0n) is 12.4. The van der Waals surface area contributed by atoms with Crippen LogP contribution >= 0.6 is 0 Å². The average molecular weight is 299 g/mol. The molecule has 4 heteroatoms.